The zero-order valence-corrected chi connectivity index (χ0v) is 7.21. The molecule has 0 aromatic carbocycles. The van der Waals surface area contributed by atoms with Gasteiger partial charge in [-0.25, -0.2) is 4.79 Å². The SMILES string of the molecule is C=CC(=O)N(C=CC(=O)O)CC(=O)O. The van der Waals surface area contributed by atoms with E-state index < -0.39 is 24.4 Å². The predicted octanol–water partition coefficient (Wildman–Crippen LogP) is -0.316. The first kappa shape index (κ1) is 11.9. The molecule has 0 bridgehead atoms. The Labute approximate surface area is 79.7 Å². The fourth-order valence-electron chi connectivity index (χ4n) is 0.621. The monoisotopic (exact) mass is 199 g/mol. The van der Waals surface area contributed by atoms with Crippen LogP contribution >= 0.6 is 0 Å². The molecular weight excluding hydrogens is 190 g/mol. The minimum absolute atomic E-state index is 0.603. The van der Waals surface area contributed by atoms with Crippen LogP contribution in [-0.4, -0.2) is 39.5 Å². The molecule has 6 nitrogen and oxygen atoms in total. The molecule has 2 N–H and O–H groups in total. The van der Waals surface area contributed by atoms with Crippen molar-refractivity contribution >= 4 is 17.8 Å². The third-order valence-corrected chi connectivity index (χ3v) is 1.16. The van der Waals surface area contributed by atoms with Crippen molar-refractivity contribution in [3.8, 4) is 0 Å². The van der Waals surface area contributed by atoms with Crippen LogP contribution in [0.15, 0.2) is 24.9 Å². The Morgan fingerprint density at radius 2 is 1.86 bits per heavy atom. The Bertz CT molecular complexity index is 294. The summed E-state index contributed by atoms with van der Waals surface area (Å²) in [6, 6.07) is 0. The van der Waals surface area contributed by atoms with E-state index in [1.54, 1.807) is 0 Å². The number of rotatable bonds is 5. The Balaban J connectivity index is 4.55. The van der Waals surface area contributed by atoms with Crippen molar-refractivity contribution in [3.63, 3.8) is 0 Å². The van der Waals surface area contributed by atoms with Crippen molar-refractivity contribution in [2.45, 2.75) is 0 Å². The van der Waals surface area contributed by atoms with Crippen molar-refractivity contribution in [1.29, 1.82) is 0 Å². The highest BCUT2D eigenvalue weighted by Crippen LogP contribution is 1.92. The summed E-state index contributed by atoms with van der Waals surface area (Å²) in [5, 5.41) is 16.6. The zero-order valence-electron chi connectivity index (χ0n) is 7.21. The molecule has 0 aliphatic heterocycles. The van der Waals surface area contributed by atoms with Crippen LogP contribution in [0.25, 0.3) is 0 Å². The Kier molecular flexibility index (Phi) is 4.69. The molecule has 0 aromatic heterocycles. The molecule has 0 saturated heterocycles. The zero-order chi connectivity index (χ0) is 11.1. The van der Waals surface area contributed by atoms with Gasteiger partial charge >= 0.3 is 11.9 Å². The molecule has 0 aromatic rings. The molecule has 0 atom stereocenters. The molecule has 0 aliphatic rings. The molecule has 0 unspecified atom stereocenters. The van der Waals surface area contributed by atoms with Gasteiger partial charge in [-0.3, -0.25) is 9.59 Å². The van der Waals surface area contributed by atoms with Crippen molar-refractivity contribution in [1.82, 2.24) is 4.90 Å². The highest BCUT2D eigenvalue weighted by atomic mass is 16.4. The Morgan fingerprint density at radius 3 is 2.21 bits per heavy atom. The highest BCUT2D eigenvalue weighted by molar-refractivity contribution is 5.91. The average molecular weight is 199 g/mol. The van der Waals surface area contributed by atoms with E-state index in [1.807, 2.05) is 0 Å². The van der Waals surface area contributed by atoms with Gasteiger partial charge in [0.05, 0.1) is 0 Å². The van der Waals surface area contributed by atoms with Crippen LogP contribution in [0.2, 0.25) is 0 Å². The predicted molar refractivity (Wildman–Crippen MR) is 46.3 cm³/mol. The molecule has 1 amide bonds. The van der Waals surface area contributed by atoms with Gasteiger partial charge in [0.25, 0.3) is 0 Å². The molecule has 6 heteroatoms. The topological polar surface area (TPSA) is 94.9 Å². The molecule has 0 rings (SSSR count). The summed E-state index contributed by atoms with van der Waals surface area (Å²) in [5.41, 5.74) is 0. The van der Waals surface area contributed by atoms with Crippen LogP contribution in [0.4, 0.5) is 0 Å². The molecule has 0 heterocycles. The lowest BCUT2D eigenvalue weighted by molar-refractivity contribution is -0.141. The van der Waals surface area contributed by atoms with Gasteiger partial charge < -0.3 is 15.1 Å². The van der Waals surface area contributed by atoms with Gasteiger partial charge in [0.2, 0.25) is 5.91 Å². The van der Waals surface area contributed by atoms with E-state index in [4.69, 9.17) is 10.2 Å². The third-order valence-electron chi connectivity index (χ3n) is 1.16. The minimum Gasteiger partial charge on any atom is -0.480 e. The van der Waals surface area contributed by atoms with Gasteiger partial charge in [0.1, 0.15) is 6.54 Å². The average Bonchev–Trinajstić information content (AvgIpc) is 2.10. The number of carboxylic acid groups (broad SMARTS) is 2. The maximum absolute atomic E-state index is 11.0. The summed E-state index contributed by atoms with van der Waals surface area (Å²) < 4.78 is 0. The lowest BCUT2D eigenvalue weighted by Crippen LogP contribution is -2.29. The van der Waals surface area contributed by atoms with E-state index in [9.17, 15) is 14.4 Å². The summed E-state index contributed by atoms with van der Waals surface area (Å²) in [7, 11) is 0. The van der Waals surface area contributed by atoms with Crippen LogP contribution in [0, 0.1) is 0 Å². The second-order valence-electron chi connectivity index (χ2n) is 2.22. The van der Waals surface area contributed by atoms with E-state index in [0.717, 1.165) is 17.2 Å². The first-order valence-electron chi connectivity index (χ1n) is 3.53. The number of carbonyl (C=O) groups is 3. The fourth-order valence-corrected chi connectivity index (χ4v) is 0.621. The largest absolute Gasteiger partial charge is 0.480 e. The summed E-state index contributed by atoms with van der Waals surface area (Å²) in [5.74, 6) is -3.18. The normalized spacial score (nSPS) is 9.71. The number of aliphatic carboxylic acids is 2. The van der Waals surface area contributed by atoms with E-state index in [2.05, 4.69) is 6.58 Å². The van der Waals surface area contributed by atoms with E-state index in [1.165, 1.54) is 0 Å². The van der Waals surface area contributed by atoms with Crippen LogP contribution in [0.5, 0.6) is 0 Å². The molecule has 0 spiro atoms. The van der Waals surface area contributed by atoms with Crippen molar-refractivity contribution < 1.29 is 24.6 Å². The van der Waals surface area contributed by atoms with E-state index in [0.29, 0.717) is 6.08 Å². The van der Waals surface area contributed by atoms with Crippen LogP contribution in [0.3, 0.4) is 0 Å². The second kappa shape index (κ2) is 5.52. The number of carbonyl (C=O) groups excluding carboxylic acids is 1. The van der Waals surface area contributed by atoms with Gasteiger partial charge in [-0.1, -0.05) is 6.58 Å². The lowest BCUT2D eigenvalue weighted by atomic mass is 10.4. The van der Waals surface area contributed by atoms with Gasteiger partial charge in [0.15, 0.2) is 0 Å². The molecule has 0 fully saturated rings. The van der Waals surface area contributed by atoms with Crippen LogP contribution < -0.4 is 0 Å². The number of amides is 1. The second-order valence-corrected chi connectivity index (χ2v) is 2.22. The summed E-state index contributed by atoms with van der Waals surface area (Å²) in [4.78, 5) is 32.1. The van der Waals surface area contributed by atoms with Gasteiger partial charge in [-0.15, -0.1) is 0 Å². The van der Waals surface area contributed by atoms with Crippen molar-refractivity contribution in [2.75, 3.05) is 6.54 Å². The molecule has 0 aliphatic carbocycles. The lowest BCUT2D eigenvalue weighted by Gasteiger charge is -2.12. The van der Waals surface area contributed by atoms with Gasteiger partial charge in [0, 0.05) is 12.3 Å². The number of carboxylic acids is 2. The maximum Gasteiger partial charge on any atom is 0.329 e. The van der Waals surface area contributed by atoms with Crippen LogP contribution in [-0.2, 0) is 14.4 Å². The maximum atomic E-state index is 11.0. The smallest absolute Gasteiger partial charge is 0.329 e. The van der Waals surface area contributed by atoms with Crippen molar-refractivity contribution in [3.05, 3.63) is 24.9 Å². The van der Waals surface area contributed by atoms with E-state index >= 15 is 0 Å². The van der Waals surface area contributed by atoms with Gasteiger partial charge in [-0.05, 0) is 6.08 Å². The van der Waals surface area contributed by atoms with Crippen molar-refractivity contribution in [2.24, 2.45) is 0 Å². The Morgan fingerprint density at radius 1 is 1.29 bits per heavy atom. The summed E-state index contributed by atoms with van der Waals surface area (Å²) in [6.07, 6.45) is 2.44. The first-order chi connectivity index (χ1) is 6.47. The minimum atomic E-state index is -1.27. The molecular formula is C8H9NO5. The number of nitrogens with zero attached hydrogens (tertiary/aromatic N) is 1. The fraction of sp³-hybridized carbons (Fsp3) is 0.125. The summed E-state index contributed by atoms with van der Waals surface area (Å²) in [6.45, 7) is 2.55. The molecule has 0 saturated carbocycles. The first-order valence-corrected chi connectivity index (χ1v) is 3.53. The standard InChI is InChI=1S/C8H9NO5/c1-2-6(10)9(5-8(13)14)4-3-7(11)12/h2-4H,1,5H2,(H,11,12)(H,13,14). The quantitative estimate of drug-likeness (QED) is 0.592. The Hall–Kier alpha value is -2.11. The summed E-state index contributed by atoms with van der Waals surface area (Å²) >= 11 is 0. The van der Waals surface area contributed by atoms with Gasteiger partial charge in [-0.2, -0.15) is 0 Å². The highest BCUT2D eigenvalue weighted by Gasteiger charge is 2.10. The molecule has 14 heavy (non-hydrogen) atoms. The molecule has 76 valence electrons. The number of hydrogen-bond donors (Lipinski definition) is 2. The van der Waals surface area contributed by atoms with Crippen LogP contribution in [0.1, 0.15) is 0 Å². The van der Waals surface area contributed by atoms with E-state index in [-0.39, 0.29) is 0 Å². The molecule has 0 radical (unpaired) electrons. The third kappa shape index (κ3) is 4.70. The number of hydrogen-bond acceptors (Lipinski definition) is 3.